The smallest absolute Gasteiger partial charge is 0.125 e. The van der Waals surface area contributed by atoms with Gasteiger partial charge in [-0.15, -0.1) is 0 Å². The van der Waals surface area contributed by atoms with E-state index >= 15 is 0 Å². The number of rotatable bonds is 5. The van der Waals surface area contributed by atoms with Crippen molar-refractivity contribution in [3.8, 4) is 5.75 Å². The highest BCUT2D eigenvalue weighted by molar-refractivity contribution is 5.33. The first kappa shape index (κ1) is 16.5. The van der Waals surface area contributed by atoms with Gasteiger partial charge < -0.3 is 10.1 Å². The number of aryl methyl sites for hydroxylation is 1. The van der Waals surface area contributed by atoms with Crippen LogP contribution in [0.1, 0.15) is 48.6 Å². The number of ether oxygens (including phenoxy) is 1. The van der Waals surface area contributed by atoms with Gasteiger partial charge in [0, 0.05) is 36.5 Å². The fraction of sp³-hybridized carbons (Fsp3) is 0.524. The van der Waals surface area contributed by atoms with Crippen molar-refractivity contribution in [2.24, 2.45) is 11.8 Å². The van der Waals surface area contributed by atoms with Crippen LogP contribution in [0.5, 0.6) is 5.75 Å². The van der Waals surface area contributed by atoms with Crippen LogP contribution in [0.2, 0.25) is 0 Å². The Bertz CT molecular complexity index is 698. The van der Waals surface area contributed by atoms with Gasteiger partial charge >= 0.3 is 0 Å². The zero-order valence-corrected chi connectivity index (χ0v) is 15.1. The lowest BCUT2D eigenvalue weighted by atomic mass is 9.53. The molecule has 2 aliphatic carbocycles. The average molecular weight is 337 g/mol. The average Bonchev–Trinajstić information content (AvgIpc) is 2.65. The molecule has 4 heteroatoms. The molecule has 0 amide bonds. The molecule has 25 heavy (non-hydrogen) atoms. The van der Waals surface area contributed by atoms with Gasteiger partial charge in [-0.1, -0.05) is 25.0 Å². The zero-order chi connectivity index (χ0) is 17.2. The third kappa shape index (κ3) is 3.28. The van der Waals surface area contributed by atoms with Gasteiger partial charge in [-0.2, -0.15) is 0 Å². The number of aromatic nitrogens is 2. The maximum absolute atomic E-state index is 5.32. The molecule has 1 heterocycles. The minimum Gasteiger partial charge on any atom is -0.497 e. The first-order valence-corrected chi connectivity index (χ1v) is 9.41. The van der Waals surface area contributed by atoms with Gasteiger partial charge in [0.2, 0.25) is 0 Å². The van der Waals surface area contributed by atoms with Gasteiger partial charge in [-0.25, -0.2) is 9.97 Å². The second-order valence-electron chi connectivity index (χ2n) is 7.46. The topological polar surface area (TPSA) is 47.0 Å². The van der Waals surface area contributed by atoms with Crippen LogP contribution >= 0.6 is 0 Å². The van der Waals surface area contributed by atoms with Crippen molar-refractivity contribution in [1.82, 2.24) is 15.3 Å². The fourth-order valence-corrected chi connectivity index (χ4v) is 4.77. The van der Waals surface area contributed by atoms with E-state index in [-0.39, 0.29) is 0 Å². The van der Waals surface area contributed by atoms with Crippen LogP contribution in [0.3, 0.4) is 0 Å². The standard InChI is InChI=1S/C21H27N3O/c1-14-22-11-15(12-23-14)13-24-21-19-6-4-3-5-18(19)20(21)16-7-9-17(25-2)10-8-16/h7-12,18-21,24H,3-6,13H2,1-2H3/t18-,19-,20-,21-/m0/s1. The lowest BCUT2D eigenvalue weighted by molar-refractivity contribution is 0.0253. The molecule has 4 rings (SSSR count). The van der Waals surface area contributed by atoms with Crippen LogP contribution in [0.15, 0.2) is 36.7 Å². The predicted octanol–water partition coefficient (Wildman–Crippen LogP) is 3.86. The molecule has 0 aliphatic heterocycles. The van der Waals surface area contributed by atoms with Gasteiger partial charge in [0.05, 0.1) is 7.11 Å². The number of fused-ring (bicyclic) bond motifs is 1. The molecule has 2 saturated carbocycles. The molecule has 2 aromatic rings. The monoisotopic (exact) mass is 337 g/mol. The molecule has 2 aliphatic rings. The third-order valence-corrected chi connectivity index (χ3v) is 6.06. The van der Waals surface area contributed by atoms with Crippen molar-refractivity contribution >= 4 is 0 Å². The Hall–Kier alpha value is -1.94. The number of hydrogen-bond acceptors (Lipinski definition) is 4. The molecule has 1 N–H and O–H groups in total. The summed E-state index contributed by atoms with van der Waals surface area (Å²) in [4.78, 5) is 8.63. The van der Waals surface area contributed by atoms with E-state index in [0.717, 1.165) is 30.0 Å². The summed E-state index contributed by atoms with van der Waals surface area (Å²) in [6.07, 6.45) is 9.37. The van der Waals surface area contributed by atoms with Crippen LogP contribution in [0.4, 0.5) is 0 Å². The molecule has 0 spiro atoms. The normalized spacial score (nSPS) is 28.1. The third-order valence-electron chi connectivity index (χ3n) is 6.06. The molecular weight excluding hydrogens is 310 g/mol. The van der Waals surface area contributed by atoms with E-state index in [1.165, 1.54) is 36.8 Å². The highest BCUT2D eigenvalue weighted by Crippen LogP contribution is 2.54. The van der Waals surface area contributed by atoms with Gasteiger partial charge in [0.15, 0.2) is 0 Å². The quantitative estimate of drug-likeness (QED) is 0.900. The van der Waals surface area contributed by atoms with Crippen LogP contribution in [0.25, 0.3) is 0 Å². The van der Waals surface area contributed by atoms with Crippen molar-refractivity contribution in [2.45, 2.75) is 51.1 Å². The largest absolute Gasteiger partial charge is 0.497 e. The van der Waals surface area contributed by atoms with Crippen molar-refractivity contribution in [3.63, 3.8) is 0 Å². The summed E-state index contributed by atoms with van der Waals surface area (Å²) >= 11 is 0. The van der Waals surface area contributed by atoms with E-state index in [2.05, 4.69) is 39.6 Å². The van der Waals surface area contributed by atoms with Gasteiger partial charge in [0.1, 0.15) is 11.6 Å². The Morgan fingerprint density at radius 3 is 2.40 bits per heavy atom. The SMILES string of the molecule is COc1ccc([C@H]2[C@H]3CCCC[C@@H]3[C@@H]2NCc2cnc(C)nc2)cc1. The van der Waals surface area contributed by atoms with Crippen molar-refractivity contribution in [1.29, 1.82) is 0 Å². The first-order valence-electron chi connectivity index (χ1n) is 9.41. The fourth-order valence-electron chi connectivity index (χ4n) is 4.77. The van der Waals surface area contributed by atoms with E-state index in [4.69, 9.17) is 4.74 Å². The first-order chi connectivity index (χ1) is 12.3. The summed E-state index contributed by atoms with van der Waals surface area (Å²) in [6.45, 7) is 2.77. The summed E-state index contributed by atoms with van der Waals surface area (Å²) in [7, 11) is 1.73. The van der Waals surface area contributed by atoms with Crippen molar-refractivity contribution in [3.05, 3.63) is 53.6 Å². The summed E-state index contributed by atoms with van der Waals surface area (Å²) < 4.78 is 5.32. The minimum atomic E-state index is 0.556. The molecule has 2 fully saturated rings. The minimum absolute atomic E-state index is 0.556. The van der Waals surface area contributed by atoms with E-state index in [9.17, 15) is 0 Å². The number of nitrogens with zero attached hydrogens (tertiary/aromatic N) is 2. The van der Waals surface area contributed by atoms with Crippen LogP contribution in [0, 0.1) is 18.8 Å². The van der Waals surface area contributed by atoms with Gasteiger partial charge in [-0.3, -0.25) is 0 Å². The van der Waals surface area contributed by atoms with Crippen molar-refractivity contribution < 1.29 is 4.74 Å². The maximum Gasteiger partial charge on any atom is 0.125 e. The van der Waals surface area contributed by atoms with Crippen LogP contribution in [-0.2, 0) is 6.54 Å². The number of hydrogen-bond donors (Lipinski definition) is 1. The number of benzene rings is 1. The predicted molar refractivity (Wildman–Crippen MR) is 98.6 cm³/mol. The highest BCUT2D eigenvalue weighted by atomic mass is 16.5. The van der Waals surface area contributed by atoms with Crippen LogP contribution in [-0.4, -0.2) is 23.1 Å². The van der Waals surface area contributed by atoms with Gasteiger partial charge in [-0.05, 0) is 49.3 Å². The molecule has 132 valence electrons. The second-order valence-corrected chi connectivity index (χ2v) is 7.46. The Kier molecular flexibility index (Phi) is 4.71. The summed E-state index contributed by atoms with van der Waals surface area (Å²) in [6, 6.07) is 9.24. The molecular formula is C21H27N3O. The lowest BCUT2D eigenvalue weighted by Crippen LogP contribution is -2.57. The molecule has 1 aromatic heterocycles. The Balaban J connectivity index is 1.49. The Morgan fingerprint density at radius 1 is 1.04 bits per heavy atom. The zero-order valence-electron chi connectivity index (χ0n) is 15.1. The van der Waals surface area contributed by atoms with E-state index in [1.807, 2.05) is 19.3 Å². The number of nitrogens with one attached hydrogen (secondary N) is 1. The Morgan fingerprint density at radius 2 is 1.72 bits per heavy atom. The molecule has 0 radical (unpaired) electrons. The van der Waals surface area contributed by atoms with E-state index in [0.29, 0.717) is 12.0 Å². The lowest BCUT2D eigenvalue weighted by Gasteiger charge is -2.55. The highest BCUT2D eigenvalue weighted by Gasteiger charge is 2.50. The molecule has 1 aromatic carbocycles. The van der Waals surface area contributed by atoms with E-state index < -0.39 is 0 Å². The van der Waals surface area contributed by atoms with Crippen molar-refractivity contribution in [2.75, 3.05) is 7.11 Å². The molecule has 4 atom stereocenters. The summed E-state index contributed by atoms with van der Waals surface area (Å²) in [5.74, 6) is 4.02. The maximum atomic E-state index is 5.32. The summed E-state index contributed by atoms with van der Waals surface area (Å²) in [5.41, 5.74) is 2.61. The molecule has 0 bridgehead atoms. The summed E-state index contributed by atoms with van der Waals surface area (Å²) in [5, 5.41) is 3.82. The van der Waals surface area contributed by atoms with Gasteiger partial charge in [0.25, 0.3) is 0 Å². The van der Waals surface area contributed by atoms with Crippen LogP contribution < -0.4 is 10.1 Å². The molecule has 0 unspecified atom stereocenters. The Labute approximate surface area is 150 Å². The second kappa shape index (κ2) is 7.12. The number of methoxy groups -OCH3 is 1. The molecule has 0 saturated heterocycles. The molecule has 4 nitrogen and oxygen atoms in total. The van der Waals surface area contributed by atoms with E-state index in [1.54, 1.807) is 7.11 Å².